The second kappa shape index (κ2) is 77.3. The summed E-state index contributed by atoms with van der Waals surface area (Å²) in [5.41, 5.74) is -1.83. The number of aliphatic hydroxyl groups excluding tert-OH is 2. The van der Waals surface area contributed by atoms with Gasteiger partial charge in [0, 0.05) is 32.5 Å². The molecule has 1 fully saturated rings. The maximum Gasteiger partial charge on any atom is 0.470 e. The summed E-state index contributed by atoms with van der Waals surface area (Å²) in [6.07, 6.45) is 50.9. The average Bonchev–Trinajstić information content (AvgIpc) is 0.777. The highest BCUT2D eigenvalue weighted by atomic mass is 31.2. The first-order valence-corrected chi connectivity index (χ1v) is 52.6. The lowest BCUT2D eigenvalue weighted by Crippen LogP contribution is -2.67. The van der Waals surface area contributed by atoms with Gasteiger partial charge in [-0.05, 0) is 57.8 Å². The largest absolute Gasteiger partial charge is 0.470 e. The van der Waals surface area contributed by atoms with E-state index in [1.165, 1.54) is 141 Å². The van der Waals surface area contributed by atoms with Gasteiger partial charge in [0.25, 0.3) is 0 Å². The Morgan fingerprint density at radius 2 is 0.672 bits per heavy atom. The molecule has 1 aliphatic heterocycles. The number of hydrogen-bond donors (Lipinski definition) is 7. The summed E-state index contributed by atoms with van der Waals surface area (Å²) in [4.78, 5) is 118. The predicted octanol–water partition coefficient (Wildman–Crippen LogP) is 23.5. The third kappa shape index (κ3) is 67.0. The highest BCUT2D eigenvalue weighted by molar-refractivity contribution is 7.51. The van der Waals surface area contributed by atoms with Gasteiger partial charge in [-0.25, -0.2) is 4.57 Å². The van der Waals surface area contributed by atoms with Crippen molar-refractivity contribution >= 4 is 51.1 Å². The van der Waals surface area contributed by atoms with Gasteiger partial charge in [0.15, 0.2) is 12.4 Å². The minimum absolute atomic E-state index is 0.116. The van der Waals surface area contributed by atoms with Crippen LogP contribution in [-0.4, -0.2) is 149 Å². The fourth-order valence-corrected chi connectivity index (χ4v) is 16.9. The summed E-state index contributed by atoms with van der Waals surface area (Å²) in [5, 5.41) is 28.4. The second-order valence-electron chi connectivity index (χ2n) is 35.1. The summed E-state index contributed by atoms with van der Waals surface area (Å²) < 4.78 is 74.8. The summed E-state index contributed by atoms with van der Waals surface area (Å²) >= 11 is 0. The van der Waals surface area contributed by atoms with Crippen LogP contribution in [0.1, 0.15) is 472 Å². The number of phosphoric ester groups is 1. The Kier molecular flexibility index (Phi) is 74.0. The molecule has 2 amide bonds. The molecule has 0 aliphatic carbocycles. The lowest BCUT2D eigenvalue weighted by molar-refractivity contribution is -0.278. The number of carbonyl (C=O) groups excluding carboxylic acids is 6. The van der Waals surface area contributed by atoms with E-state index >= 15 is 4.79 Å². The van der Waals surface area contributed by atoms with Crippen LogP contribution < -0.4 is 10.6 Å². The van der Waals surface area contributed by atoms with E-state index in [0.29, 0.717) is 51.4 Å². The zero-order valence-electron chi connectivity index (χ0n) is 76.7. The molecule has 0 aromatic carbocycles. The van der Waals surface area contributed by atoms with Gasteiger partial charge < -0.3 is 68.5 Å². The van der Waals surface area contributed by atoms with Crippen molar-refractivity contribution < 1.29 is 100 Å². The fraction of sp³-hybridized carbons (Fsp3) is 0.936. The normalized spacial score (nSPS) is 17.4. The smallest absolute Gasteiger partial charge is 0.462 e. The van der Waals surface area contributed by atoms with Gasteiger partial charge in [0.05, 0.1) is 51.1 Å². The summed E-state index contributed by atoms with van der Waals surface area (Å²) in [6, 6.07) is -1.81. The molecule has 23 nitrogen and oxygen atoms in total. The van der Waals surface area contributed by atoms with Gasteiger partial charge in [-0.2, -0.15) is 0 Å². The Morgan fingerprint density at radius 1 is 0.378 bits per heavy atom. The molecule has 1 rings (SSSR count). The predicted molar refractivity (Wildman–Crippen MR) is 478 cm³/mol. The molecule has 0 saturated carbocycles. The van der Waals surface area contributed by atoms with Crippen molar-refractivity contribution in [2.45, 2.75) is 521 Å². The number of nitrogens with one attached hydrogen (secondary N) is 2. The Bertz CT molecular complexity index is 2540. The highest BCUT2D eigenvalue weighted by Crippen LogP contribution is 2.44. The molecule has 0 aromatic heterocycles. The monoisotopic (exact) mass is 1740 g/mol. The topological polar surface area (TPSA) is 336 Å². The van der Waals surface area contributed by atoms with Crippen LogP contribution in [0, 0.1) is 5.41 Å². The molecule has 0 radical (unpaired) electrons. The van der Waals surface area contributed by atoms with E-state index in [1.54, 1.807) is 0 Å². The van der Waals surface area contributed by atoms with Crippen molar-refractivity contribution in [2.75, 3.05) is 39.6 Å². The number of amides is 2. The molecule has 119 heavy (non-hydrogen) atoms. The van der Waals surface area contributed by atoms with E-state index in [9.17, 15) is 58.0 Å². The number of esters is 4. The number of phosphoric acid groups is 1. The maximum atomic E-state index is 15.1. The number of carbonyl (C=O) groups is 6. The molecule has 0 aromatic rings. The first kappa shape index (κ1) is 114. The number of ether oxygens (including phenoxy) is 6. The zero-order chi connectivity index (χ0) is 87.6. The molecule has 25 heteroatoms. The quantitative estimate of drug-likeness (QED) is 0.0129. The minimum atomic E-state index is -5.61. The maximum absolute atomic E-state index is 15.1. The Balaban J connectivity index is 4.00. The van der Waals surface area contributed by atoms with Crippen LogP contribution in [0.3, 0.4) is 0 Å². The molecule has 10 atom stereocenters. The van der Waals surface area contributed by atoms with Crippen LogP contribution in [-0.2, 0) is 75.4 Å². The van der Waals surface area contributed by atoms with Crippen LogP contribution in [0.5, 0.6) is 0 Å². The highest BCUT2D eigenvalue weighted by Gasteiger charge is 2.53. The van der Waals surface area contributed by atoms with Crippen LogP contribution in [0.25, 0.3) is 0 Å². The standard InChI is InChI=1S/C94H180N2O21P2/c1-8-14-20-26-32-38-40-46-52-58-63-69-86(101)112-80(66-60-54-48-42-34-28-22-16-10-3)72-84(99)95-76-94(77-98,79-111-118(7,105)106)78-110-93-90(96-85(100)73-81(67-61-55-49-43-35-29-23-17-11-4)113-87(102)70-64-59-53-47-41-39-33-27-21-15-9-2)92(91(83(75-97)115-93)117-119(107,108)109)116-89(104)74-82(68-62-56-50-44-36-30-24-18-12-5)114-88(103)71-65-57-51-45-37-31-25-19-13-6/h80-83,90-93,97-98H,8-79H2,1-7H3,(H,95,99)(H,96,100)(H,105,106)(H2,107,108,109)/t80-,81-,82-,83?,90+,91-,92?,93?,94?/m1/s1. The zero-order valence-corrected chi connectivity index (χ0v) is 78.5. The average molecular weight is 1740 g/mol. The first-order chi connectivity index (χ1) is 57.5. The molecule has 702 valence electrons. The first-order valence-electron chi connectivity index (χ1n) is 49.0. The molecule has 1 saturated heterocycles. The van der Waals surface area contributed by atoms with Crippen molar-refractivity contribution in [1.29, 1.82) is 0 Å². The molecular formula is C94H180N2O21P2. The molecule has 7 N–H and O–H groups in total. The molecular weight excluding hydrogens is 1550 g/mol. The minimum Gasteiger partial charge on any atom is -0.462 e. The molecule has 1 heterocycles. The fourth-order valence-electron chi connectivity index (χ4n) is 15.8. The van der Waals surface area contributed by atoms with Gasteiger partial charge in [-0.15, -0.1) is 0 Å². The van der Waals surface area contributed by atoms with Gasteiger partial charge in [-0.1, -0.05) is 375 Å². The van der Waals surface area contributed by atoms with Crippen molar-refractivity contribution in [3.63, 3.8) is 0 Å². The van der Waals surface area contributed by atoms with Gasteiger partial charge in [-0.3, -0.25) is 37.9 Å². The summed E-state index contributed by atoms with van der Waals surface area (Å²) in [6.45, 7) is 10.2. The lowest BCUT2D eigenvalue weighted by Gasteiger charge is -2.46. The molecule has 5 unspecified atom stereocenters. The SMILES string of the molecule is CCCCCCCCCCCCCC(=O)O[C@H](CCCCCCCCCCC)CC(=O)NCC(CO)(COC1OC(CO)[C@@H](OP(=O)(O)O)C(OC(=O)C[C@@H](CCCCCCCCCCC)OC(=O)CCCCCCCCCCC)[C@@H]1NC(=O)C[C@@H](CCCCCCCCCCC)OC(=O)CCCCCCCCCCCCC)COP(C)(=O)O. The third-order valence-corrected chi connectivity index (χ3v) is 24.4. The lowest BCUT2D eigenvalue weighted by atomic mass is 9.90. The van der Waals surface area contributed by atoms with Crippen molar-refractivity contribution in [3.05, 3.63) is 0 Å². The van der Waals surface area contributed by atoms with E-state index in [2.05, 4.69) is 52.2 Å². The van der Waals surface area contributed by atoms with Crippen LogP contribution >= 0.6 is 15.4 Å². The van der Waals surface area contributed by atoms with E-state index in [0.717, 1.165) is 199 Å². The second-order valence-corrected chi connectivity index (χ2v) is 38.2. The molecule has 0 spiro atoms. The van der Waals surface area contributed by atoms with E-state index in [4.69, 9.17) is 37.5 Å². The van der Waals surface area contributed by atoms with E-state index in [-0.39, 0.29) is 32.1 Å². The van der Waals surface area contributed by atoms with Crippen molar-refractivity contribution in [3.8, 4) is 0 Å². The van der Waals surface area contributed by atoms with Gasteiger partial charge in [0.2, 0.25) is 11.8 Å². The third-order valence-electron chi connectivity index (χ3n) is 23.3. The molecule has 0 bridgehead atoms. The van der Waals surface area contributed by atoms with E-state index < -0.39 is 151 Å². The van der Waals surface area contributed by atoms with E-state index in [1.807, 2.05) is 0 Å². The Labute approximate surface area is 724 Å². The number of aliphatic hydroxyl groups is 2. The van der Waals surface area contributed by atoms with Gasteiger partial charge >= 0.3 is 39.3 Å². The molecule has 1 aliphatic rings. The number of hydrogen-bond acceptors (Lipinski definition) is 18. The van der Waals surface area contributed by atoms with Gasteiger partial charge in [0.1, 0.15) is 36.6 Å². The summed E-state index contributed by atoms with van der Waals surface area (Å²) in [5.74, 6) is -3.79. The van der Waals surface area contributed by atoms with Crippen LogP contribution in [0.15, 0.2) is 0 Å². The number of unbranched alkanes of at least 4 members (excludes halogenated alkanes) is 52. The Hall–Kier alpha value is -3.08. The summed E-state index contributed by atoms with van der Waals surface area (Å²) in [7, 11) is -9.97. The van der Waals surface area contributed by atoms with Crippen molar-refractivity contribution in [1.82, 2.24) is 10.6 Å². The number of rotatable bonds is 87. The Morgan fingerprint density at radius 3 is 0.966 bits per heavy atom. The van der Waals surface area contributed by atoms with Crippen LogP contribution in [0.4, 0.5) is 0 Å². The van der Waals surface area contributed by atoms with Crippen molar-refractivity contribution in [2.24, 2.45) is 5.41 Å². The van der Waals surface area contributed by atoms with Crippen LogP contribution in [0.2, 0.25) is 0 Å².